The Morgan fingerprint density at radius 3 is 1.10 bits per heavy atom. The van der Waals surface area contributed by atoms with Gasteiger partial charge in [0.2, 0.25) is 0 Å². The molecule has 0 atom stereocenters. The first kappa shape index (κ1) is 5.35. The van der Waals surface area contributed by atoms with Gasteiger partial charge in [0.25, 0.3) is 0 Å². The Bertz CT molecular complexity index is 186. The average Bonchev–Trinajstić information content (AvgIpc) is 2.05. The van der Waals surface area contributed by atoms with Crippen LogP contribution in [0.5, 0.6) is 0 Å². The first-order valence-corrected chi connectivity index (χ1v) is 3.23. The second-order valence-electron chi connectivity index (χ2n) is 2.13. The minimum atomic E-state index is 2.00. The Hall–Kier alpha value is -1.44. The van der Waals surface area contributed by atoms with Gasteiger partial charge in [-0.3, -0.25) is 10.0 Å². The highest BCUT2D eigenvalue weighted by Gasteiger charge is 2.04. The zero-order valence-corrected chi connectivity index (χ0v) is 5.51. The third kappa shape index (κ3) is 0.739. The van der Waals surface area contributed by atoms with Gasteiger partial charge >= 0.3 is 0 Å². The third-order valence-electron chi connectivity index (χ3n) is 1.44. The molecule has 2 heterocycles. The van der Waals surface area contributed by atoms with E-state index in [0.29, 0.717) is 0 Å². The van der Waals surface area contributed by atoms with Gasteiger partial charge in [-0.15, -0.1) is 0 Å². The largest absolute Gasteiger partial charge is 0.265 e. The summed E-state index contributed by atoms with van der Waals surface area (Å²) in [6.45, 7) is 0. The molecule has 2 rings (SSSR count). The lowest BCUT2D eigenvalue weighted by atomic mass is 10.4. The van der Waals surface area contributed by atoms with Crippen molar-refractivity contribution >= 4 is 0 Å². The molecule has 10 heavy (non-hydrogen) atoms. The maximum absolute atomic E-state index is 2.00. The maximum Gasteiger partial charge on any atom is 0.0268 e. The second kappa shape index (κ2) is 2.06. The van der Waals surface area contributed by atoms with E-state index in [4.69, 9.17) is 0 Å². The predicted molar refractivity (Wildman–Crippen MR) is 40.2 cm³/mol. The molecular weight excluding hydrogens is 124 g/mol. The van der Waals surface area contributed by atoms with Crippen LogP contribution in [0.15, 0.2) is 49.1 Å². The van der Waals surface area contributed by atoms with Crippen LogP contribution in [-0.4, -0.2) is 10.0 Å². The maximum atomic E-state index is 2.00. The van der Waals surface area contributed by atoms with Gasteiger partial charge in [-0.05, 0) is 24.3 Å². The monoisotopic (exact) mass is 132 g/mol. The van der Waals surface area contributed by atoms with Gasteiger partial charge in [0.1, 0.15) is 0 Å². The summed E-state index contributed by atoms with van der Waals surface area (Å²) in [5.41, 5.74) is 0. The fourth-order valence-electron chi connectivity index (χ4n) is 0.959. The molecule has 2 aliphatic rings. The summed E-state index contributed by atoms with van der Waals surface area (Å²) in [5.74, 6) is 0. The number of allylic oxidation sites excluding steroid dienone is 4. The normalized spacial score (nSPS) is 20.0. The van der Waals surface area contributed by atoms with E-state index in [9.17, 15) is 0 Å². The molecule has 2 nitrogen and oxygen atoms in total. The van der Waals surface area contributed by atoms with Crippen LogP contribution in [0.4, 0.5) is 0 Å². The van der Waals surface area contributed by atoms with Crippen LogP contribution in [0.25, 0.3) is 0 Å². The first-order chi connectivity index (χ1) is 4.97. The Morgan fingerprint density at radius 2 is 0.800 bits per heavy atom. The van der Waals surface area contributed by atoms with E-state index in [1.165, 1.54) is 0 Å². The third-order valence-corrected chi connectivity index (χ3v) is 1.44. The number of nitrogens with zero attached hydrogens (tertiary/aromatic N) is 2. The molecule has 0 spiro atoms. The topological polar surface area (TPSA) is 6.48 Å². The van der Waals surface area contributed by atoms with Gasteiger partial charge in [-0.25, -0.2) is 0 Å². The number of hydrogen-bond donors (Lipinski definition) is 0. The number of hydrogen-bond acceptors (Lipinski definition) is 2. The predicted octanol–water partition coefficient (Wildman–Crippen LogP) is 1.59. The lowest BCUT2D eigenvalue weighted by Crippen LogP contribution is -2.28. The van der Waals surface area contributed by atoms with E-state index < -0.39 is 0 Å². The summed E-state index contributed by atoms with van der Waals surface area (Å²) >= 11 is 0. The summed E-state index contributed by atoms with van der Waals surface area (Å²) in [6, 6.07) is 0. The zero-order chi connectivity index (χ0) is 6.81. The number of hydrazine groups is 1. The van der Waals surface area contributed by atoms with Crippen molar-refractivity contribution in [3.8, 4) is 0 Å². The molecule has 0 amide bonds. The summed E-state index contributed by atoms with van der Waals surface area (Å²) in [5, 5.41) is 4.00. The van der Waals surface area contributed by atoms with Crippen LogP contribution in [0.2, 0.25) is 0 Å². The van der Waals surface area contributed by atoms with Crippen LogP contribution >= 0.6 is 0 Å². The Kier molecular flexibility index (Phi) is 1.10. The van der Waals surface area contributed by atoms with Gasteiger partial charge in [0.05, 0.1) is 0 Å². The minimum Gasteiger partial charge on any atom is -0.265 e. The fourth-order valence-corrected chi connectivity index (χ4v) is 0.959. The summed E-state index contributed by atoms with van der Waals surface area (Å²) in [7, 11) is 0. The lowest BCUT2D eigenvalue weighted by molar-refractivity contribution is 0.195. The highest BCUT2D eigenvalue weighted by Crippen LogP contribution is 2.10. The van der Waals surface area contributed by atoms with Gasteiger partial charge in [-0.2, -0.15) is 0 Å². The van der Waals surface area contributed by atoms with Crippen LogP contribution < -0.4 is 0 Å². The molecule has 0 aromatic rings. The van der Waals surface area contributed by atoms with Gasteiger partial charge in [0.15, 0.2) is 0 Å². The Morgan fingerprint density at radius 1 is 0.500 bits per heavy atom. The molecule has 0 N–H and O–H groups in total. The molecule has 0 fully saturated rings. The summed E-state index contributed by atoms with van der Waals surface area (Å²) in [4.78, 5) is 0. The lowest BCUT2D eigenvalue weighted by Gasteiger charge is -2.30. The highest BCUT2D eigenvalue weighted by atomic mass is 15.6. The zero-order valence-electron chi connectivity index (χ0n) is 5.51. The molecule has 0 saturated carbocycles. The van der Waals surface area contributed by atoms with E-state index >= 15 is 0 Å². The van der Waals surface area contributed by atoms with Crippen LogP contribution in [0.3, 0.4) is 0 Å². The number of rotatable bonds is 0. The minimum absolute atomic E-state index is 2.00. The Balaban J connectivity index is 2.28. The second-order valence-corrected chi connectivity index (χ2v) is 2.13. The molecule has 2 aliphatic heterocycles. The smallest absolute Gasteiger partial charge is 0.0268 e. The fraction of sp³-hybridized carbons (Fsp3) is 0. The molecule has 0 saturated heterocycles. The number of fused-ring (bicyclic) bond motifs is 1. The van der Waals surface area contributed by atoms with Gasteiger partial charge in [0, 0.05) is 24.8 Å². The SMILES string of the molecule is C1=CN2C=CC=CN2C=C1. The van der Waals surface area contributed by atoms with Crippen molar-refractivity contribution in [2.75, 3.05) is 0 Å². The molecule has 0 aromatic carbocycles. The van der Waals surface area contributed by atoms with Gasteiger partial charge < -0.3 is 0 Å². The average molecular weight is 132 g/mol. The van der Waals surface area contributed by atoms with E-state index in [-0.39, 0.29) is 0 Å². The summed E-state index contributed by atoms with van der Waals surface area (Å²) < 4.78 is 0. The van der Waals surface area contributed by atoms with Crippen LogP contribution in [0.1, 0.15) is 0 Å². The van der Waals surface area contributed by atoms with Crippen LogP contribution in [-0.2, 0) is 0 Å². The van der Waals surface area contributed by atoms with Crippen LogP contribution in [0, 0.1) is 0 Å². The molecular formula is C8H8N2. The highest BCUT2D eigenvalue weighted by molar-refractivity contribution is 5.16. The van der Waals surface area contributed by atoms with Crippen molar-refractivity contribution in [2.45, 2.75) is 0 Å². The van der Waals surface area contributed by atoms with Crippen molar-refractivity contribution in [3.05, 3.63) is 49.1 Å². The van der Waals surface area contributed by atoms with Crippen molar-refractivity contribution < 1.29 is 0 Å². The molecule has 0 radical (unpaired) electrons. The molecule has 0 aromatic heterocycles. The van der Waals surface area contributed by atoms with Gasteiger partial charge in [-0.1, -0.05) is 0 Å². The van der Waals surface area contributed by atoms with E-state index in [1.807, 2.05) is 59.1 Å². The molecule has 50 valence electrons. The van der Waals surface area contributed by atoms with E-state index in [1.54, 1.807) is 0 Å². The van der Waals surface area contributed by atoms with E-state index in [0.717, 1.165) is 0 Å². The quantitative estimate of drug-likeness (QED) is 0.493. The molecule has 0 bridgehead atoms. The molecule has 0 unspecified atom stereocenters. The van der Waals surface area contributed by atoms with E-state index in [2.05, 4.69) is 0 Å². The van der Waals surface area contributed by atoms with Crippen molar-refractivity contribution in [3.63, 3.8) is 0 Å². The molecule has 2 heteroatoms. The molecule has 0 aliphatic carbocycles. The standard InChI is InChI=1S/C8H8N2/c1-2-6-10-8-4-3-7-9(10)5-1/h1-8H. The first-order valence-electron chi connectivity index (χ1n) is 3.23. The van der Waals surface area contributed by atoms with Crippen molar-refractivity contribution in [1.29, 1.82) is 0 Å². The summed E-state index contributed by atoms with van der Waals surface area (Å²) in [6.07, 6.45) is 16.0. The van der Waals surface area contributed by atoms with Crippen molar-refractivity contribution in [2.24, 2.45) is 0 Å². The Labute approximate surface area is 60.0 Å². The van der Waals surface area contributed by atoms with Crippen molar-refractivity contribution in [1.82, 2.24) is 10.0 Å².